The Morgan fingerprint density at radius 2 is 1.83 bits per heavy atom. The zero-order valence-corrected chi connectivity index (χ0v) is 14.3. The van der Waals surface area contributed by atoms with E-state index in [1.807, 2.05) is 13.0 Å². The molecule has 0 bridgehead atoms. The second-order valence-electron chi connectivity index (χ2n) is 7.35. The summed E-state index contributed by atoms with van der Waals surface area (Å²) in [7, 11) is 0. The molecule has 23 heavy (non-hydrogen) atoms. The molecule has 3 heteroatoms. The van der Waals surface area contributed by atoms with Crippen molar-refractivity contribution in [2.75, 3.05) is 19.8 Å². The van der Waals surface area contributed by atoms with E-state index in [0.29, 0.717) is 12.0 Å². The predicted octanol–water partition coefficient (Wildman–Crippen LogP) is 4.57. The zero-order chi connectivity index (χ0) is 16.1. The predicted molar refractivity (Wildman–Crippen MR) is 92.3 cm³/mol. The summed E-state index contributed by atoms with van der Waals surface area (Å²) in [4.78, 5) is 0. The summed E-state index contributed by atoms with van der Waals surface area (Å²) in [6.07, 6.45) is 8.77. The minimum absolute atomic E-state index is 0.112. The molecule has 1 saturated carbocycles. The van der Waals surface area contributed by atoms with Crippen molar-refractivity contribution < 1.29 is 9.13 Å². The van der Waals surface area contributed by atoms with Crippen molar-refractivity contribution >= 4 is 0 Å². The quantitative estimate of drug-likeness (QED) is 0.858. The number of hydrogen-bond donors (Lipinski definition) is 1. The topological polar surface area (TPSA) is 21.3 Å². The van der Waals surface area contributed by atoms with Crippen molar-refractivity contribution in [3.63, 3.8) is 0 Å². The van der Waals surface area contributed by atoms with E-state index in [1.54, 1.807) is 12.1 Å². The van der Waals surface area contributed by atoms with Crippen LogP contribution >= 0.6 is 0 Å². The standard InChI is InChI=1S/C20H30FNO/c1-15-14-18(21)6-7-20(15)17-4-2-16(3-5-17)8-11-22-19-9-12-23-13-10-19/h6-7,14,16-17,19,22H,2-5,8-13H2,1H3/t16-,17-. The van der Waals surface area contributed by atoms with Crippen LogP contribution in [-0.2, 0) is 4.74 Å². The lowest BCUT2D eigenvalue weighted by atomic mass is 9.76. The number of benzene rings is 1. The van der Waals surface area contributed by atoms with E-state index in [-0.39, 0.29) is 5.82 Å². The molecular formula is C20H30FNO. The molecular weight excluding hydrogens is 289 g/mol. The molecule has 3 rings (SSSR count). The third-order valence-electron chi connectivity index (χ3n) is 5.73. The normalized spacial score (nSPS) is 26.3. The first-order valence-electron chi connectivity index (χ1n) is 9.29. The van der Waals surface area contributed by atoms with Crippen LogP contribution in [0.5, 0.6) is 0 Å². The second-order valence-corrected chi connectivity index (χ2v) is 7.35. The van der Waals surface area contributed by atoms with Crippen LogP contribution in [0.2, 0.25) is 0 Å². The Hall–Kier alpha value is -0.930. The molecule has 0 spiro atoms. The summed E-state index contributed by atoms with van der Waals surface area (Å²) in [5, 5.41) is 3.71. The van der Waals surface area contributed by atoms with Gasteiger partial charge in [-0.1, -0.05) is 6.07 Å². The van der Waals surface area contributed by atoms with E-state index in [9.17, 15) is 4.39 Å². The average Bonchev–Trinajstić information content (AvgIpc) is 2.57. The largest absolute Gasteiger partial charge is 0.381 e. The summed E-state index contributed by atoms with van der Waals surface area (Å²) in [6, 6.07) is 5.97. The minimum Gasteiger partial charge on any atom is -0.381 e. The van der Waals surface area contributed by atoms with E-state index in [0.717, 1.165) is 44.1 Å². The molecule has 0 unspecified atom stereocenters. The van der Waals surface area contributed by atoms with Gasteiger partial charge in [-0.15, -0.1) is 0 Å². The van der Waals surface area contributed by atoms with E-state index in [4.69, 9.17) is 4.74 Å². The molecule has 0 aromatic heterocycles. The molecule has 1 N–H and O–H groups in total. The number of nitrogens with one attached hydrogen (secondary N) is 1. The zero-order valence-electron chi connectivity index (χ0n) is 14.3. The van der Waals surface area contributed by atoms with Gasteiger partial charge in [-0.2, -0.15) is 0 Å². The molecule has 0 amide bonds. The van der Waals surface area contributed by atoms with Crippen LogP contribution in [-0.4, -0.2) is 25.8 Å². The highest BCUT2D eigenvalue weighted by Gasteiger charge is 2.23. The van der Waals surface area contributed by atoms with Gasteiger partial charge in [0.2, 0.25) is 0 Å². The Labute approximate surface area is 139 Å². The van der Waals surface area contributed by atoms with Crippen molar-refractivity contribution in [3.8, 4) is 0 Å². The van der Waals surface area contributed by atoms with E-state index < -0.39 is 0 Å². The lowest BCUT2D eigenvalue weighted by molar-refractivity contribution is 0.0775. The van der Waals surface area contributed by atoms with Gasteiger partial charge < -0.3 is 10.1 Å². The molecule has 1 aromatic carbocycles. The van der Waals surface area contributed by atoms with Crippen LogP contribution in [0.4, 0.5) is 4.39 Å². The first-order chi connectivity index (χ1) is 11.2. The summed E-state index contributed by atoms with van der Waals surface area (Å²) in [5.74, 6) is 1.38. The van der Waals surface area contributed by atoms with Crippen LogP contribution in [0.15, 0.2) is 18.2 Å². The van der Waals surface area contributed by atoms with Gasteiger partial charge in [-0.3, -0.25) is 0 Å². The van der Waals surface area contributed by atoms with Gasteiger partial charge in [0.1, 0.15) is 5.82 Å². The van der Waals surface area contributed by atoms with E-state index >= 15 is 0 Å². The average molecular weight is 319 g/mol. The molecule has 2 aliphatic rings. The van der Waals surface area contributed by atoms with Gasteiger partial charge in [0, 0.05) is 19.3 Å². The molecule has 1 heterocycles. The molecule has 2 fully saturated rings. The first kappa shape index (κ1) is 16.9. The highest BCUT2D eigenvalue weighted by atomic mass is 19.1. The van der Waals surface area contributed by atoms with Crippen molar-refractivity contribution in [2.45, 2.75) is 63.8 Å². The summed E-state index contributed by atoms with van der Waals surface area (Å²) >= 11 is 0. The maximum Gasteiger partial charge on any atom is 0.123 e. The molecule has 1 saturated heterocycles. The number of halogens is 1. The Balaban J connectivity index is 1.39. The Morgan fingerprint density at radius 3 is 2.52 bits per heavy atom. The summed E-state index contributed by atoms with van der Waals surface area (Å²) < 4.78 is 18.7. The second kappa shape index (κ2) is 8.25. The van der Waals surface area contributed by atoms with Crippen LogP contribution in [0.1, 0.15) is 62.0 Å². The number of hydrogen-bond acceptors (Lipinski definition) is 2. The Kier molecular flexibility index (Phi) is 6.07. The lowest BCUT2D eigenvalue weighted by Gasteiger charge is -2.30. The molecule has 0 atom stereocenters. The first-order valence-corrected chi connectivity index (χ1v) is 9.29. The smallest absolute Gasteiger partial charge is 0.123 e. The third-order valence-corrected chi connectivity index (χ3v) is 5.73. The molecule has 128 valence electrons. The summed E-state index contributed by atoms with van der Waals surface area (Å²) in [5.41, 5.74) is 2.49. The maximum absolute atomic E-state index is 13.3. The molecule has 1 aromatic rings. The van der Waals surface area contributed by atoms with Crippen molar-refractivity contribution in [1.29, 1.82) is 0 Å². The molecule has 1 aliphatic carbocycles. The third kappa shape index (κ3) is 4.77. The van der Waals surface area contributed by atoms with Crippen LogP contribution in [0.3, 0.4) is 0 Å². The highest BCUT2D eigenvalue weighted by molar-refractivity contribution is 5.30. The molecule has 2 nitrogen and oxygen atoms in total. The lowest BCUT2D eigenvalue weighted by Crippen LogP contribution is -2.36. The van der Waals surface area contributed by atoms with Crippen LogP contribution < -0.4 is 5.32 Å². The van der Waals surface area contributed by atoms with E-state index in [1.165, 1.54) is 37.7 Å². The van der Waals surface area contributed by atoms with Crippen molar-refractivity contribution in [1.82, 2.24) is 5.32 Å². The fraction of sp³-hybridized carbons (Fsp3) is 0.700. The van der Waals surface area contributed by atoms with Gasteiger partial charge in [0.15, 0.2) is 0 Å². The fourth-order valence-corrected chi connectivity index (χ4v) is 4.25. The van der Waals surface area contributed by atoms with Gasteiger partial charge in [-0.05, 0) is 93.5 Å². The Bertz CT molecular complexity index is 490. The van der Waals surface area contributed by atoms with Gasteiger partial charge in [0.05, 0.1) is 0 Å². The fourth-order valence-electron chi connectivity index (χ4n) is 4.25. The number of ether oxygens (including phenoxy) is 1. The van der Waals surface area contributed by atoms with Gasteiger partial charge in [0.25, 0.3) is 0 Å². The molecule has 0 radical (unpaired) electrons. The number of rotatable bonds is 5. The van der Waals surface area contributed by atoms with Crippen molar-refractivity contribution in [2.24, 2.45) is 5.92 Å². The highest BCUT2D eigenvalue weighted by Crippen LogP contribution is 2.38. The Morgan fingerprint density at radius 1 is 1.09 bits per heavy atom. The van der Waals surface area contributed by atoms with Crippen LogP contribution in [0, 0.1) is 18.7 Å². The maximum atomic E-state index is 13.3. The monoisotopic (exact) mass is 319 g/mol. The van der Waals surface area contributed by atoms with Gasteiger partial charge >= 0.3 is 0 Å². The molecule has 1 aliphatic heterocycles. The SMILES string of the molecule is Cc1cc(F)ccc1[C@H]1CC[C@H](CCNC2CCOCC2)CC1. The van der Waals surface area contributed by atoms with E-state index in [2.05, 4.69) is 5.32 Å². The van der Waals surface area contributed by atoms with Gasteiger partial charge in [-0.25, -0.2) is 4.39 Å². The van der Waals surface area contributed by atoms with Crippen molar-refractivity contribution in [3.05, 3.63) is 35.1 Å². The summed E-state index contributed by atoms with van der Waals surface area (Å²) in [6.45, 7) is 5.03. The minimum atomic E-state index is -0.112. The number of aryl methyl sites for hydroxylation is 1. The van der Waals surface area contributed by atoms with Crippen LogP contribution in [0.25, 0.3) is 0 Å².